The maximum absolute atomic E-state index is 15.7. The van der Waals surface area contributed by atoms with Crippen molar-refractivity contribution in [3.05, 3.63) is 133 Å². The molecule has 6 N–H and O–H groups in total. The van der Waals surface area contributed by atoms with Gasteiger partial charge in [0.05, 0.1) is 28.3 Å². The van der Waals surface area contributed by atoms with Crippen molar-refractivity contribution < 1.29 is 32.3 Å². The van der Waals surface area contributed by atoms with Crippen LogP contribution >= 0.6 is 0 Å². The van der Waals surface area contributed by atoms with E-state index in [0.29, 0.717) is 168 Å². The Bertz CT molecular complexity index is 4520. The lowest BCUT2D eigenvalue weighted by atomic mass is 10.1. The Balaban J connectivity index is 0.628. The van der Waals surface area contributed by atoms with Crippen LogP contribution in [0.4, 0.5) is 32.1 Å². The Morgan fingerprint density at radius 1 is 0.576 bits per heavy atom. The van der Waals surface area contributed by atoms with Crippen LogP contribution < -0.4 is 26.6 Å². The van der Waals surface area contributed by atoms with Crippen molar-refractivity contribution >= 4 is 68.5 Å². The molecule has 85 heavy (non-hydrogen) atoms. The highest BCUT2D eigenvalue weighted by Gasteiger charge is 2.28. The molecular weight excluding hydrogens is 1100 g/mol. The number of hydrogen-bond acceptors (Lipinski definition) is 20. The van der Waals surface area contributed by atoms with Crippen molar-refractivity contribution in [1.29, 1.82) is 0 Å². The number of carboxylic acids is 1. The summed E-state index contributed by atoms with van der Waals surface area (Å²) in [5.74, 6) is -0.711. The molecule has 12 aromatic rings. The van der Waals surface area contributed by atoms with Crippen LogP contribution in [0.2, 0.25) is 0 Å². The monoisotopic (exact) mass is 1150 g/mol. The van der Waals surface area contributed by atoms with E-state index < -0.39 is 5.97 Å². The number of nitrogen functional groups attached to an aromatic ring is 2. The minimum absolute atomic E-state index is 0.00599. The number of piperazine rings is 2. The van der Waals surface area contributed by atoms with Gasteiger partial charge in [-0.1, -0.05) is 6.07 Å². The number of pyridine rings is 2. The first-order valence-corrected chi connectivity index (χ1v) is 27.3. The van der Waals surface area contributed by atoms with Crippen molar-refractivity contribution in [3.8, 4) is 57.2 Å². The summed E-state index contributed by atoms with van der Waals surface area (Å²) in [4.78, 5) is 71.1. The van der Waals surface area contributed by atoms with Gasteiger partial charge in [-0.15, -0.1) is 10.2 Å². The van der Waals surface area contributed by atoms with Crippen LogP contribution in [0.3, 0.4) is 0 Å². The van der Waals surface area contributed by atoms with Gasteiger partial charge in [-0.3, -0.25) is 24.6 Å². The third-order valence-electron chi connectivity index (χ3n) is 15.6. The van der Waals surface area contributed by atoms with Gasteiger partial charge in [0.15, 0.2) is 11.3 Å². The minimum Gasteiger partial charge on any atom is -0.477 e. The number of hydrogen-bond donors (Lipinski definition) is 4. The summed E-state index contributed by atoms with van der Waals surface area (Å²) in [6.07, 6.45) is 7.80. The molecule has 0 saturated carbocycles. The molecule has 2 aliphatic rings. The number of amides is 1. The van der Waals surface area contributed by atoms with E-state index in [2.05, 4.69) is 50.2 Å². The number of aromatic nitrogens is 14. The molecule has 2 aliphatic heterocycles. The molecule has 0 bridgehead atoms. The number of nitrogens with one attached hydrogen (secondary N) is 1. The molecule has 428 valence electrons. The number of fused-ring (bicyclic) bond motifs is 6. The predicted octanol–water partition coefficient (Wildman–Crippen LogP) is 5.72. The fourth-order valence-electron chi connectivity index (χ4n) is 11.2. The van der Waals surface area contributed by atoms with Crippen molar-refractivity contribution in [2.24, 2.45) is 0 Å². The Kier molecular flexibility index (Phi) is 13.1. The maximum Gasteiger partial charge on any atom is 0.352 e. The fourth-order valence-corrected chi connectivity index (χ4v) is 11.2. The van der Waals surface area contributed by atoms with Crippen LogP contribution in [0.15, 0.2) is 119 Å². The van der Waals surface area contributed by atoms with Gasteiger partial charge in [-0.05, 0) is 72.8 Å². The van der Waals surface area contributed by atoms with Crippen LogP contribution in [0, 0.1) is 11.6 Å². The van der Waals surface area contributed by atoms with Gasteiger partial charge in [-0.25, -0.2) is 33.5 Å². The molecule has 0 unspecified atom stereocenters. The van der Waals surface area contributed by atoms with Crippen LogP contribution in [-0.4, -0.2) is 168 Å². The highest BCUT2D eigenvalue weighted by atomic mass is 19.1. The largest absolute Gasteiger partial charge is 0.477 e. The molecule has 12 heterocycles. The zero-order valence-electron chi connectivity index (χ0n) is 45.4. The molecule has 14 rings (SSSR count). The number of carboxylic acid groups (broad SMARTS) is 1. The molecule has 0 aliphatic carbocycles. The third kappa shape index (κ3) is 9.56. The number of rotatable bonds is 15. The van der Waals surface area contributed by atoms with Gasteiger partial charge in [0.1, 0.15) is 63.9 Å². The van der Waals surface area contributed by atoms with Crippen LogP contribution in [-0.2, 0) is 13.1 Å². The molecular formula is C57H51F2N21O5. The summed E-state index contributed by atoms with van der Waals surface area (Å²) in [6, 6.07) is 21.8. The summed E-state index contributed by atoms with van der Waals surface area (Å²) < 4.78 is 48.4. The second-order valence-corrected chi connectivity index (χ2v) is 20.5. The van der Waals surface area contributed by atoms with E-state index >= 15 is 8.78 Å². The Hall–Kier alpha value is -10.7. The second kappa shape index (κ2) is 21.2. The number of benzene rings is 2. The number of aromatic carboxylic acids is 1. The van der Waals surface area contributed by atoms with Gasteiger partial charge in [0.25, 0.3) is 5.91 Å². The number of oxazole rings is 2. The van der Waals surface area contributed by atoms with E-state index in [1.165, 1.54) is 39.8 Å². The standard InChI is InChI=1S/C57H51F2N21O5/c1-62-52(81)44-28-35-48(69-56(60)79-50(35)67-46(71-79)39-4-2-3-11-63-39)77(44)23-17-73-13-21-76(22-14-73)43-27-33(6-9-38(43)59)54-66-41(31-85-54)34-7-10-40(65-30-34)47-68-51-36-29-45(55(82)83)78(49(36)70-57(61)80(51)72-47)24-18-74-15-19-75(20-16-74)42-26-32(5-8-37(42)58)53-64-12-25-84-53/h2-12,25-31H,13-24H2,1H3,(H2,60,69)(H2,61,70)(H,62,81)(H,82,83). The van der Waals surface area contributed by atoms with E-state index in [1.807, 2.05) is 20.4 Å². The average molecular weight is 1150 g/mol. The highest BCUT2D eigenvalue weighted by Crippen LogP contribution is 2.33. The normalized spacial score (nSPS) is 14.4. The van der Waals surface area contributed by atoms with E-state index in [-0.39, 0.29) is 53.4 Å². The van der Waals surface area contributed by atoms with E-state index in [0.717, 1.165) is 0 Å². The number of carbonyl (C=O) groups is 2. The molecule has 1 amide bonds. The second-order valence-electron chi connectivity index (χ2n) is 20.5. The number of nitrogens with two attached hydrogens (primary N) is 2. The molecule has 2 fully saturated rings. The van der Waals surface area contributed by atoms with Crippen molar-refractivity contribution in [2.45, 2.75) is 13.1 Å². The molecule has 0 radical (unpaired) electrons. The highest BCUT2D eigenvalue weighted by molar-refractivity contribution is 6.02. The summed E-state index contributed by atoms with van der Waals surface area (Å²) in [7, 11) is 1.57. The number of anilines is 4. The van der Waals surface area contributed by atoms with Crippen LogP contribution in [0.1, 0.15) is 21.0 Å². The molecule has 0 atom stereocenters. The van der Waals surface area contributed by atoms with Crippen LogP contribution in [0.25, 0.3) is 90.6 Å². The molecule has 0 spiro atoms. The van der Waals surface area contributed by atoms with Crippen molar-refractivity contribution in [2.75, 3.05) is 93.8 Å². The summed E-state index contributed by atoms with van der Waals surface area (Å²) in [5, 5.41) is 23.3. The summed E-state index contributed by atoms with van der Waals surface area (Å²) >= 11 is 0. The lowest BCUT2D eigenvalue weighted by Crippen LogP contribution is -2.47. The molecule has 2 saturated heterocycles. The smallest absolute Gasteiger partial charge is 0.352 e. The number of halogens is 2. The van der Waals surface area contributed by atoms with Crippen molar-refractivity contribution in [1.82, 2.24) is 83.4 Å². The molecule has 10 aromatic heterocycles. The summed E-state index contributed by atoms with van der Waals surface area (Å²) in [5.41, 5.74) is 19.2. The average Bonchev–Trinajstić information content (AvgIpc) is 2.14. The maximum atomic E-state index is 15.7. The lowest BCUT2D eigenvalue weighted by molar-refractivity contribution is 0.0684. The number of carbonyl (C=O) groups excluding carboxylic acids is 1. The van der Waals surface area contributed by atoms with Gasteiger partial charge in [-0.2, -0.15) is 19.0 Å². The van der Waals surface area contributed by atoms with E-state index in [1.54, 1.807) is 84.8 Å². The first-order chi connectivity index (χ1) is 41.4. The van der Waals surface area contributed by atoms with Crippen LogP contribution in [0.5, 0.6) is 0 Å². The summed E-state index contributed by atoms with van der Waals surface area (Å²) in [6.45, 7) is 6.42. The molecule has 28 heteroatoms. The quantitative estimate of drug-likeness (QED) is 0.0954. The predicted molar refractivity (Wildman–Crippen MR) is 308 cm³/mol. The molecule has 2 aromatic carbocycles. The minimum atomic E-state index is -1.14. The third-order valence-corrected chi connectivity index (χ3v) is 15.6. The van der Waals surface area contributed by atoms with E-state index in [9.17, 15) is 14.7 Å². The Labute approximate surface area is 479 Å². The van der Waals surface area contributed by atoms with Gasteiger partial charge >= 0.3 is 5.97 Å². The number of nitrogens with zero attached hydrogens (tertiary/aromatic N) is 18. The Morgan fingerprint density at radius 2 is 1.14 bits per heavy atom. The fraction of sp³-hybridized carbons (Fsp3) is 0.228. The van der Waals surface area contributed by atoms with Gasteiger partial charge in [0.2, 0.25) is 35.3 Å². The zero-order valence-corrected chi connectivity index (χ0v) is 45.4. The lowest BCUT2D eigenvalue weighted by Gasteiger charge is -2.36. The zero-order chi connectivity index (χ0) is 58.0. The topological polar surface area (TPSA) is 305 Å². The van der Waals surface area contributed by atoms with E-state index in [4.69, 9.17) is 35.3 Å². The SMILES string of the molecule is CNC(=O)c1cc2c(nc(N)n3nc(-c4ccccn4)nc23)n1CCN1CCN(c2cc(-c3nc(-c4ccc(-c5nc6c7cc(C(=O)O)n(CCN8CCN(c9cc(-c%10ncco%10)ccc9F)CC8)c7nc(N)n6n5)nc4)co3)ccc2F)CC1. The first-order valence-electron chi connectivity index (χ1n) is 27.3. The first kappa shape index (κ1) is 52.3. The van der Waals surface area contributed by atoms with Gasteiger partial charge in [0, 0.05) is 115 Å². The Morgan fingerprint density at radius 3 is 1.67 bits per heavy atom. The van der Waals surface area contributed by atoms with Gasteiger partial charge < -0.3 is 49.7 Å². The van der Waals surface area contributed by atoms with Crippen molar-refractivity contribution in [3.63, 3.8) is 0 Å². The molecule has 26 nitrogen and oxygen atoms in total.